The highest BCUT2D eigenvalue weighted by Crippen LogP contribution is 2.22. The minimum atomic E-state index is -0.0642. The average Bonchev–Trinajstić information content (AvgIpc) is 2.30. The lowest BCUT2D eigenvalue weighted by Crippen LogP contribution is -2.27. The third kappa shape index (κ3) is 3.32. The molecule has 0 N–H and O–H groups in total. The number of aldehydes is 1. The molecule has 88 valence electrons. The Kier molecular flexibility index (Phi) is 4.96. The summed E-state index contributed by atoms with van der Waals surface area (Å²) in [6.07, 6.45) is 0.732. The summed E-state index contributed by atoms with van der Waals surface area (Å²) < 4.78 is 11.6. The Morgan fingerprint density at radius 2 is 2.00 bits per heavy atom. The topological polar surface area (TPSA) is 35.5 Å². The van der Waals surface area contributed by atoms with Gasteiger partial charge in [-0.3, -0.25) is 4.79 Å². The number of carbonyl (C=O) groups is 1. The van der Waals surface area contributed by atoms with Gasteiger partial charge in [0.2, 0.25) is 0 Å². The molecule has 3 nitrogen and oxygen atoms in total. The van der Waals surface area contributed by atoms with E-state index in [-0.39, 0.29) is 12.2 Å². The average molecular weight is 287 g/mol. The van der Waals surface area contributed by atoms with Crippen LogP contribution in [0.25, 0.3) is 0 Å². The van der Waals surface area contributed by atoms with Crippen molar-refractivity contribution in [1.29, 1.82) is 0 Å². The molecule has 1 aromatic rings. The quantitative estimate of drug-likeness (QED) is 0.781. The number of benzene rings is 1. The summed E-state index contributed by atoms with van der Waals surface area (Å²) in [5.41, 5.74) is 0.578. The fraction of sp³-hybridized carbons (Fsp3) is 0.417. The van der Waals surface area contributed by atoms with Gasteiger partial charge >= 0.3 is 0 Å². The third-order valence-electron chi connectivity index (χ3n) is 2.45. The second-order valence-electron chi connectivity index (χ2n) is 3.56. The molecule has 0 saturated heterocycles. The van der Waals surface area contributed by atoms with Crippen molar-refractivity contribution in [3.05, 3.63) is 28.2 Å². The van der Waals surface area contributed by atoms with Crippen molar-refractivity contribution in [1.82, 2.24) is 0 Å². The highest BCUT2D eigenvalue weighted by Gasteiger charge is 2.13. The Balaban J connectivity index is 2.78. The zero-order valence-corrected chi connectivity index (χ0v) is 11.2. The summed E-state index contributed by atoms with van der Waals surface area (Å²) >= 11 is 3.29. The Labute approximate surface area is 104 Å². The van der Waals surface area contributed by atoms with Crippen molar-refractivity contribution in [3.63, 3.8) is 0 Å². The molecule has 4 heteroatoms. The molecule has 2 atom stereocenters. The zero-order chi connectivity index (χ0) is 12.1. The number of ether oxygens (including phenoxy) is 2. The summed E-state index contributed by atoms with van der Waals surface area (Å²) in [7, 11) is 1.64. The summed E-state index contributed by atoms with van der Waals surface area (Å²) in [5.74, 6) is 0.668. The van der Waals surface area contributed by atoms with Crippen molar-refractivity contribution >= 4 is 22.2 Å². The van der Waals surface area contributed by atoms with Crippen LogP contribution in [0, 0.1) is 0 Å². The molecule has 0 spiro atoms. The maximum absolute atomic E-state index is 10.7. The van der Waals surface area contributed by atoms with E-state index in [9.17, 15) is 4.79 Å². The lowest BCUT2D eigenvalue weighted by atomic mass is 10.2. The van der Waals surface area contributed by atoms with Gasteiger partial charge in [0, 0.05) is 17.1 Å². The molecular formula is C12H15BrO3. The first-order chi connectivity index (χ1) is 7.58. The van der Waals surface area contributed by atoms with Crippen LogP contribution in [0.15, 0.2) is 22.7 Å². The predicted molar refractivity (Wildman–Crippen MR) is 66.1 cm³/mol. The van der Waals surface area contributed by atoms with E-state index < -0.39 is 0 Å². The lowest BCUT2D eigenvalue weighted by molar-refractivity contribution is 0.0232. The van der Waals surface area contributed by atoms with Crippen LogP contribution in [0.2, 0.25) is 0 Å². The molecule has 0 aliphatic carbocycles. The van der Waals surface area contributed by atoms with Crippen LogP contribution in [0.4, 0.5) is 0 Å². The molecule has 1 unspecified atom stereocenters. The normalized spacial score (nSPS) is 14.2. The van der Waals surface area contributed by atoms with Gasteiger partial charge in [-0.2, -0.15) is 0 Å². The van der Waals surface area contributed by atoms with Gasteiger partial charge in [0.15, 0.2) is 6.29 Å². The van der Waals surface area contributed by atoms with Gasteiger partial charge < -0.3 is 9.47 Å². The largest absolute Gasteiger partial charge is 0.488 e. The first kappa shape index (κ1) is 13.2. The van der Waals surface area contributed by atoms with Crippen LogP contribution in [0.1, 0.15) is 24.2 Å². The first-order valence-electron chi connectivity index (χ1n) is 5.02. The monoisotopic (exact) mass is 286 g/mol. The summed E-state index contributed by atoms with van der Waals surface area (Å²) in [6.45, 7) is 3.86. The molecule has 0 radical (unpaired) electrons. The summed E-state index contributed by atoms with van der Waals surface area (Å²) in [6, 6.07) is 5.31. The molecular weight excluding hydrogens is 272 g/mol. The van der Waals surface area contributed by atoms with Gasteiger partial charge in [-0.1, -0.05) is 15.9 Å². The Hall–Kier alpha value is -0.870. The number of carbonyl (C=O) groups excluding carboxylic acids is 1. The smallest absolute Gasteiger partial charge is 0.151 e. The molecule has 0 amide bonds. The van der Waals surface area contributed by atoms with Gasteiger partial charge in [-0.05, 0) is 32.0 Å². The predicted octanol–water partition coefficient (Wildman–Crippen LogP) is 3.06. The zero-order valence-electron chi connectivity index (χ0n) is 9.57. The molecule has 0 aliphatic heterocycles. The molecule has 0 bridgehead atoms. The second-order valence-corrected chi connectivity index (χ2v) is 4.42. The molecule has 0 aromatic heterocycles. The Morgan fingerprint density at radius 3 is 2.56 bits per heavy atom. The summed E-state index contributed by atoms with van der Waals surface area (Å²) in [4.78, 5) is 10.7. The van der Waals surface area contributed by atoms with Gasteiger partial charge in [0.05, 0.1) is 6.10 Å². The van der Waals surface area contributed by atoms with Crippen molar-refractivity contribution in [2.75, 3.05) is 7.11 Å². The Morgan fingerprint density at radius 1 is 1.31 bits per heavy atom. The first-order valence-corrected chi connectivity index (χ1v) is 5.82. The minimum Gasteiger partial charge on any atom is -0.488 e. The number of methoxy groups -OCH3 is 1. The number of halogens is 1. The van der Waals surface area contributed by atoms with E-state index in [1.165, 1.54) is 0 Å². The lowest BCUT2D eigenvalue weighted by Gasteiger charge is -2.20. The van der Waals surface area contributed by atoms with E-state index >= 15 is 0 Å². The van der Waals surface area contributed by atoms with E-state index in [0.717, 1.165) is 10.8 Å². The van der Waals surface area contributed by atoms with Crippen molar-refractivity contribution in [3.8, 4) is 5.75 Å². The summed E-state index contributed by atoms with van der Waals surface area (Å²) in [5, 5.41) is 0. The van der Waals surface area contributed by atoms with E-state index in [1.807, 2.05) is 19.9 Å². The van der Waals surface area contributed by atoms with Gasteiger partial charge in [0.1, 0.15) is 11.9 Å². The van der Waals surface area contributed by atoms with Crippen LogP contribution < -0.4 is 4.74 Å². The third-order valence-corrected chi connectivity index (χ3v) is 3.17. The van der Waals surface area contributed by atoms with Crippen LogP contribution in [0.5, 0.6) is 5.75 Å². The van der Waals surface area contributed by atoms with E-state index in [2.05, 4.69) is 15.9 Å². The SMILES string of the molecule is CO[C@H](C)C(C)Oc1ccc(Br)c(C=O)c1. The van der Waals surface area contributed by atoms with Gasteiger partial charge in [-0.25, -0.2) is 0 Å². The number of rotatable bonds is 5. The molecule has 0 fully saturated rings. The Bertz CT molecular complexity index is 365. The van der Waals surface area contributed by atoms with Crippen molar-refractivity contribution in [2.24, 2.45) is 0 Å². The minimum absolute atomic E-state index is 0.00308. The fourth-order valence-electron chi connectivity index (χ4n) is 1.19. The standard InChI is InChI=1S/C12H15BrO3/c1-8(15-3)9(2)16-11-4-5-12(13)10(6-11)7-14/h4-9H,1-3H3/t8-,9?/m1/s1. The maximum atomic E-state index is 10.7. The highest BCUT2D eigenvalue weighted by molar-refractivity contribution is 9.10. The van der Waals surface area contributed by atoms with Gasteiger partial charge in [0.25, 0.3) is 0 Å². The van der Waals surface area contributed by atoms with E-state index in [1.54, 1.807) is 19.2 Å². The fourth-order valence-corrected chi connectivity index (χ4v) is 1.53. The number of hydrogen-bond acceptors (Lipinski definition) is 3. The van der Waals surface area contributed by atoms with E-state index in [0.29, 0.717) is 11.3 Å². The van der Waals surface area contributed by atoms with Gasteiger partial charge in [-0.15, -0.1) is 0 Å². The molecule has 1 rings (SSSR count). The van der Waals surface area contributed by atoms with Crippen LogP contribution >= 0.6 is 15.9 Å². The second kappa shape index (κ2) is 6.01. The molecule has 0 aliphatic rings. The maximum Gasteiger partial charge on any atom is 0.151 e. The highest BCUT2D eigenvalue weighted by atomic mass is 79.9. The van der Waals surface area contributed by atoms with Crippen molar-refractivity contribution < 1.29 is 14.3 Å². The van der Waals surface area contributed by atoms with Crippen LogP contribution in [-0.4, -0.2) is 25.6 Å². The van der Waals surface area contributed by atoms with Crippen LogP contribution in [-0.2, 0) is 4.74 Å². The molecule has 16 heavy (non-hydrogen) atoms. The number of hydrogen-bond donors (Lipinski definition) is 0. The molecule has 0 saturated carbocycles. The molecule has 1 aromatic carbocycles. The van der Waals surface area contributed by atoms with E-state index in [4.69, 9.17) is 9.47 Å². The van der Waals surface area contributed by atoms with Crippen molar-refractivity contribution in [2.45, 2.75) is 26.1 Å². The van der Waals surface area contributed by atoms with Crippen LogP contribution in [0.3, 0.4) is 0 Å². The molecule has 0 heterocycles.